The van der Waals surface area contributed by atoms with Crippen LogP contribution in [0, 0.1) is 0 Å². The second-order valence-corrected chi connectivity index (χ2v) is 8.47. The zero-order valence-electron chi connectivity index (χ0n) is 9.50. The van der Waals surface area contributed by atoms with E-state index in [-0.39, 0.29) is 11.8 Å². The molecule has 0 aliphatic rings. The largest absolute Gasteiger partial charge is 0.514 e. The van der Waals surface area contributed by atoms with Crippen molar-refractivity contribution in [3.05, 3.63) is 24.2 Å². The predicted molar refractivity (Wildman–Crippen MR) is 57.1 cm³/mol. The minimum absolute atomic E-state index is 0.0117. The van der Waals surface area contributed by atoms with Crippen molar-refractivity contribution in [3.8, 4) is 0 Å². The summed E-state index contributed by atoms with van der Waals surface area (Å²) in [6.45, 7) is 3.14. The van der Waals surface area contributed by atoms with Gasteiger partial charge in [0, 0.05) is 6.42 Å². The molecule has 1 aromatic heterocycles. The lowest BCUT2D eigenvalue weighted by Gasteiger charge is -2.22. The van der Waals surface area contributed by atoms with Gasteiger partial charge in [0.2, 0.25) is 14.1 Å². The molecule has 0 spiro atoms. The molecule has 0 aromatic carbocycles. The number of halogens is 3. The third-order valence-electron chi connectivity index (χ3n) is 2.10. The van der Waals surface area contributed by atoms with Crippen LogP contribution in [0.1, 0.15) is 17.0 Å². The van der Waals surface area contributed by atoms with E-state index in [9.17, 15) is 18.0 Å². The zero-order chi connectivity index (χ0) is 13.1. The van der Waals surface area contributed by atoms with Gasteiger partial charge in [-0.05, 0) is 31.3 Å². The Morgan fingerprint density at radius 2 is 2.12 bits per heavy atom. The summed E-state index contributed by atoms with van der Waals surface area (Å²) in [7, 11) is -2.66. The molecule has 0 N–H and O–H groups in total. The molecular weight excluding hydrogens is 253 g/mol. The van der Waals surface area contributed by atoms with E-state index in [0.717, 1.165) is 0 Å². The lowest BCUT2D eigenvalue weighted by molar-refractivity contribution is -0.131. The normalized spacial score (nSPS) is 12.5. The molecule has 96 valence electrons. The molecule has 7 heteroatoms. The van der Waals surface area contributed by atoms with Gasteiger partial charge in [-0.15, -0.1) is 0 Å². The maximum absolute atomic E-state index is 12.1. The van der Waals surface area contributed by atoms with Gasteiger partial charge in [-0.25, -0.2) is 4.79 Å². The number of hydrogen-bond acceptors (Lipinski definition) is 3. The highest BCUT2D eigenvalue weighted by Crippen LogP contribution is 2.27. The van der Waals surface area contributed by atoms with E-state index in [1.165, 1.54) is 18.4 Å². The van der Waals surface area contributed by atoms with Crippen LogP contribution in [-0.2, 0) is 4.43 Å². The topological polar surface area (TPSA) is 39.4 Å². The molecular formula is C10H13F3O3Si. The van der Waals surface area contributed by atoms with Gasteiger partial charge in [0.25, 0.3) is 0 Å². The van der Waals surface area contributed by atoms with E-state index in [2.05, 4.69) is 0 Å². The monoisotopic (exact) mass is 266 g/mol. The highest BCUT2D eigenvalue weighted by molar-refractivity contribution is 6.72. The highest BCUT2D eigenvalue weighted by atomic mass is 28.4. The first-order valence-corrected chi connectivity index (χ1v) is 8.15. The first-order chi connectivity index (χ1) is 7.70. The van der Waals surface area contributed by atoms with E-state index in [1.807, 2.05) is 0 Å². The summed E-state index contributed by atoms with van der Waals surface area (Å²) in [6, 6.07) is 2.78. The van der Waals surface area contributed by atoms with Crippen molar-refractivity contribution in [2.24, 2.45) is 0 Å². The molecule has 0 aliphatic carbocycles. The molecule has 0 saturated heterocycles. The Hall–Kier alpha value is -1.24. The van der Waals surface area contributed by atoms with Crippen molar-refractivity contribution in [1.29, 1.82) is 0 Å². The lowest BCUT2D eigenvalue weighted by Crippen LogP contribution is -2.34. The van der Waals surface area contributed by atoms with Crippen LogP contribution in [0.5, 0.6) is 0 Å². The third-order valence-corrected chi connectivity index (χ3v) is 4.29. The van der Waals surface area contributed by atoms with Gasteiger partial charge in [0.1, 0.15) is 0 Å². The molecule has 0 bridgehead atoms. The molecule has 1 heterocycles. The molecule has 0 unspecified atom stereocenters. The van der Waals surface area contributed by atoms with Crippen LogP contribution >= 0.6 is 0 Å². The fraction of sp³-hybridized carbons (Fsp3) is 0.500. The number of rotatable bonds is 4. The number of alkyl halides is 3. The number of furan rings is 1. The molecule has 0 amide bonds. The van der Waals surface area contributed by atoms with Crippen molar-refractivity contribution < 1.29 is 26.8 Å². The summed E-state index contributed by atoms with van der Waals surface area (Å²) < 4.78 is 46.1. The van der Waals surface area contributed by atoms with Crippen LogP contribution in [-0.4, -0.2) is 20.5 Å². The number of carbonyl (C=O) groups is 1. The summed E-state index contributed by atoms with van der Waals surface area (Å²) in [5.74, 6) is -0.688. The average molecular weight is 266 g/mol. The summed E-state index contributed by atoms with van der Waals surface area (Å²) in [4.78, 5) is 11.5. The van der Waals surface area contributed by atoms with Gasteiger partial charge in [-0.2, -0.15) is 13.2 Å². The second-order valence-electron chi connectivity index (χ2n) is 4.24. The lowest BCUT2D eigenvalue weighted by atomic mass is 10.5. The molecule has 0 atom stereocenters. The fourth-order valence-electron chi connectivity index (χ4n) is 1.19. The van der Waals surface area contributed by atoms with E-state index < -0.39 is 26.9 Å². The predicted octanol–water partition coefficient (Wildman–Crippen LogP) is 3.59. The summed E-state index contributed by atoms with van der Waals surface area (Å²) >= 11 is 0. The van der Waals surface area contributed by atoms with Crippen LogP contribution in [0.15, 0.2) is 22.8 Å². The Balaban J connectivity index is 2.52. The third kappa shape index (κ3) is 5.07. The molecule has 0 fully saturated rings. The second kappa shape index (κ2) is 4.95. The van der Waals surface area contributed by atoms with Crippen molar-refractivity contribution >= 4 is 14.3 Å². The van der Waals surface area contributed by atoms with Gasteiger partial charge in [0.05, 0.1) is 6.26 Å². The Morgan fingerprint density at radius 3 is 2.59 bits per heavy atom. The number of carbonyl (C=O) groups excluding carboxylic acids is 1. The van der Waals surface area contributed by atoms with Crippen LogP contribution < -0.4 is 0 Å². The van der Waals surface area contributed by atoms with Gasteiger partial charge in [0.15, 0.2) is 0 Å². The van der Waals surface area contributed by atoms with Crippen LogP contribution in [0.3, 0.4) is 0 Å². The Morgan fingerprint density at radius 1 is 1.47 bits per heavy atom. The van der Waals surface area contributed by atoms with Crippen molar-refractivity contribution in [2.45, 2.75) is 31.7 Å². The van der Waals surface area contributed by atoms with Crippen LogP contribution in [0.25, 0.3) is 0 Å². The zero-order valence-corrected chi connectivity index (χ0v) is 10.5. The standard InChI is InChI=1S/C10H13F3O3Si/c1-17(2,7-5-10(11,12)13)16-9(14)8-4-3-6-15-8/h3-4,6H,5,7H2,1-2H3. The van der Waals surface area contributed by atoms with Crippen molar-refractivity contribution in [2.75, 3.05) is 0 Å². The quantitative estimate of drug-likeness (QED) is 0.782. The first kappa shape index (κ1) is 13.8. The summed E-state index contributed by atoms with van der Waals surface area (Å²) in [5.41, 5.74) is 0. The SMILES string of the molecule is C[Si](C)(CCC(F)(F)F)OC(=O)c1ccco1. The van der Waals surface area contributed by atoms with Crippen molar-refractivity contribution in [3.63, 3.8) is 0 Å². The first-order valence-electron chi connectivity index (χ1n) is 5.03. The minimum atomic E-state index is -4.22. The van der Waals surface area contributed by atoms with Crippen molar-refractivity contribution in [1.82, 2.24) is 0 Å². The van der Waals surface area contributed by atoms with E-state index >= 15 is 0 Å². The van der Waals surface area contributed by atoms with E-state index in [4.69, 9.17) is 8.84 Å². The Bertz CT molecular complexity index is 371. The van der Waals surface area contributed by atoms with Crippen LogP contribution in [0.4, 0.5) is 13.2 Å². The Kier molecular flexibility index (Phi) is 4.02. The average Bonchev–Trinajstić information content (AvgIpc) is 2.66. The molecule has 1 aromatic rings. The van der Waals surface area contributed by atoms with Gasteiger partial charge in [-0.3, -0.25) is 0 Å². The van der Waals surface area contributed by atoms with Gasteiger partial charge < -0.3 is 8.84 Å². The van der Waals surface area contributed by atoms with Crippen LogP contribution in [0.2, 0.25) is 19.1 Å². The highest BCUT2D eigenvalue weighted by Gasteiger charge is 2.35. The summed E-state index contributed by atoms with van der Waals surface area (Å²) in [5, 5.41) is 0. The maximum Gasteiger partial charge on any atom is 0.388 e. The molecule has 17 heavy (non-hydrogen) atoms. The number of hydrogen-bond donors (Lipinski definition) is 0. The maximum atomic E-state index is 12.1. The summed E-state index contributed by atoms with van der Waals surface area (Å²) in [6.07, 6.45) is -3.85. The minimum Gasteiger partial charge on any atom is -0.514 e. The molecule has 3 nitrogen and oxygen atoms in total. The van der Waals surface area contributed by atoms with E-state index in [1.54, 1.807) is 13.1 Å². The molecule has 1 rings (SSSR count). The molecule has 0 aliphatic heterocycles. The van der Waals surface area contributed by atoms with E-state index in [0.29, 0.717) is 0 Å². The van der Waals surface area contributed by atoms with Gasteiger partial charge >= 0.3 is 12.1 Å². The smallest absolute Gasteiger partial charge is 0.388 e. The fourth-order valence-corrected chi connectivity index (χ4v) is 2.78. The molecule has 0 saturated carbocycles. The van der Waals surface area contributed by atoms with Gasteiger partial charge in [-0.1, -0.05) is 0 Å². The Labute approximate surface area is 97.7 Å². The molecule has 0 radical (unpaired) electrons.